The van der Waals surface area contributed by atoms with Gasteiger partial charge in [0.2, 0.25) is 0 Å². The minimum absolute atomic E-state index is 0.0227. The largest absolute Gasteiger partial charge is 0.396 e. The van der Waals surface area contributed by atoms with Crippen molar-refractivity contribution in [1.29, 1.82) is 0 Å². The molecule has 0 saturated heterocycles. The topological polar surface area (TPSA) is 46.2 Å². The van der Waals surface area contributed by atoms with E-state index < -0.39 is 12.7 Å². The predicted molar refractivity (Wildman–Crippen MR) is 25.7 cm³/mol. The zero-order valence-corrected chi connectivity index (χ0v) is 4.10. The first-order valence-electron chi connectivity index (χ1n) is 2.23. The monoisotopic (exact) mass is 107 g/mol. The quantitative estimate of drug-likeness (QED) is 0.518. The third kappa shape index (κ3) is 3.69. The lowest BCUT2D eigenvalue weighted by Gasteiger charge is -2.00. The summed E-state index contributed by atoms with van der Waals surface area (Å²) in [6.45, 7) is -0.564. The highest BCUT2D eigenvalue weighted by Gasteiger charge is 1.96. The maximum atomic E-state index is 11.3. The van der Waals surface area contributed by atoms with Gasteiger partial charge in [-0.15, -0.1) is 0 Å². The molecule has 7 heavy (non-hydrogen) atoms. The van der Waals surface area contributed by atoms with Crippen LogP contribution < -0.4 is 5.73 Å². The molecular weight excluding hydrogens is 97.0 g/mol. The number of halogens is 1. The van der Waals surface area contributed by atoms with E-state index in [2.05, 4.69) is 0 Å². The highest BCUT2D eigenvalue weighted by molar-refractivity contribution is 4.55. The second-order valence-corrected chi connectivity index (χ2v) is 1.43. The molecule has 0 bridgehead atoms. The van der Waals surface area contributed by atoms with Crippen LogP contribution in [0.3, 0.4) is 0 Å². The molecule has 0 aliphatic heterocycles. The Hall–Kier alpha value is -0.150. The molecule has 0 saturated carbocycles. The molecule has 0 amide bonds. The van der Waals surface area contributed by atoms with Crippen molar-refractivity contribution in [1.82, 2.24) is 0 Å². The Morgan fingerprint density at radius 2 is 2.29 bits per heavy atom. The Morgan fingerprint density at radius 3 is 2.43 bits per heavy atom. The summed E-state index contributed by atoms with van der Waals surface area (Å²) < 4.78 is 11.3. The summed E-state index contributed by atoms with van der Waals surface area (Å²) in [5.41, 5.74) is 5.05. The van der Waals surface area contributed by atoms with E-state index in [9.17, 15) is 4.39 Å². The average Bonchev–Trinajstić information content (AvgIpc) is 1.68. The van der Waals surface area contributed by atoms with E-state index in [0.29, 0.717) is 6.42 Å². The van der Waals surface area contributed by atoms with Crippen LogP contribution in [0.1, 0.15) is 6.42 Å². The highest BCUT2D eigenvalue weighted by atomic mass is 19.1. The molecule has 3 N–H and O–H groups in total. The molecular formula is C4H10FNO. The van der Waals surface area contributed by atoms with Gasteiger partial charge in [-0.25, -0.2) is 4.39 Å². The van der Waals surface area contributed by atoms with Gasteiger partial charge in [0.1, 0.15) is 6.67 Å². The Labute approximate surface area is 42.1 Å². The van der Waals surface area contributed by atoms with E-state index in [1.165, 1.54) is 0 Å². The van der Waals surface area contributed by atoms with Crippen LogP contribution >= 0.6 is 0 Å². The van der Waals surface area contributed by atoms with Crippen molar-refractivity contribution < 1.29 is 9.50 Å². The lowest BCUT2D eigenvalue weighted by Crippen LogP contribution is -2.23. The van der Waals surface area contributed by atoms with Crippen LogP contribution in [0.5, 0.6) is 0 Å². The fourth-order valence-electron chi connectivity index (χ4n) is 0.243. The second kappa shape index (κ2) is 4.02. The van der Waals surface area contributed by atoms with E-state index >= 15 is 0 Å². The van der Waals surface area contributed by atoms with Gasteiger partial charge in [0.25, 0.3) is 0 Å². The molecule has 1 atom stereocenters. The van der Waals surface area contributed by atoms with Gasteiger partial charge in [0, 0.05) is 12.6 Å². The standard InChI is InChI=1S/C4H10FNO/c5-3-4(6)1-2-7/h4,7H,1-3,6H2. The van der Waals surface area contributed by atoms with E-state index in [1.807, 2.05) is 0 Å². The fraction of sp³-hybridized carbons (Fsp3) is 1.00. The molecule has 0 aromatic rings. The molecule has 1 unspecified atom stereocenters. The van der Waals surface area contributed by atoms with E-state index in [0.717, 1.165) is 0 Å². The minimum atomic E-state index is -0.541. The normalized spacial score (nSPS) is 14.1. The predicted octanol–water partition coefficient (Wildman–Crippen LogP) is -0.334. The zero-order valence-electron chi connectivity index (χ0n) is 4.10. The van der Waals surface area contributed by atoms with Gasteiger partial charge in [0.15, 0.2) is 0 Å². The Bertz CT molecular complexity index is 42.7. The maximum Gasteiger partial charge on any atom is 0.105 e. The summed E-state index contributed by atoms with van der Waals surface area (Å²) in [4.78, 5) is 0. The van der Waals surface area contributed by atoms with Gasteiger partial charge in [-0.2, -0.15) is 0 Å². The average molecular weight is 107 g/mol. The van der Waals surface area contributed by atoms with E-state index in [-0.39, 0.29) is 6.61 Å². The molecule has 0 fully saturated rings. The van der Waals surface area contributed by atoms with Gasteiger partial charge < -0.3 is 10.8 Å². The first-order chi connectivity index (χ1) is 3.31. The van der Waals surface area contributed by atoms with Crippen molar-refractivity contribution >= 4 is 0 Å². The van der Waals surface area contributed by atoms with Crippen molar-refractivity contribution in [3.8, 4) is 0 Å². The smallest absolute Gasteiger partial charge is 0.105 e. The first kappa shape index (κ1) is 6.85. The molecule has 0 spiro atoms. The molecule has 2 nitrogen and oxygen atoms in total. The van der Waals surface area contributed by atoms with Gasteiger partial charge in [0.05, 0.1) is 0 Å². The summed E-state index contributed by atoms with van der Waals surface area (Å²) in [7, 11) is 0. The minimum Gasteiger partial charge on any atom is -0.396 e. The van der Waals surface area contributed by atoms with Gasteiger partial charge >= 0.3 is 0 Å². The molecule has 0 radical (unpaired) electrons. The van der Waals surface area contributed by atoms with Gasteiger partial charge in [-0.05, 0) is 6.42 Å². The summed E-state index contributed by atoms with van der Waals surface area (Å²) >= 11 is 0. The number of rotatable bonds is 3. The maximum absolute atomic E-state index is 11.3. The van der Waals surface area contributed by atoms with Gasteiger partial charge in [-0.1, -0.05) is 0 Å². The van der Waals surface area contributed by atoms with Crippen LogP contribution in [0.4, 0.5) is 4.39 Å². The van der Waals surface area contributed by atoms with Crippen molar-refractivity contribution in [3.05, 3.63) is 0 Å². The fourth-order valence-corrected chi connectivity index (χ4v) is 0.243. The van der Waals surface area contributed by atoms with Crippen LogP contribution in [0, 0.1) is 0 Å². The highest BCUT2D eigenvalue weighted by Crippen LogP contribution is 1.84. The van der Waals surface area contributed by atoms with Crippen molar-refractivity contribution in [2.75, 3.05) is 13.3 Å². The van der Waals surface area contributed by atoms with Crippen molar-refractivity contribution in [2.24, 2.45) is 5.73 Å². The Kier molecular flexibility index (Phi) is 3.93. The summed E-state index contributed by atoms with van der Waals surface area (Å²) in [6.07, 6.45) is 0.358. The lowest BCUT2D eigenvalue weighted by molar-refractivity contribution is 0.263. The first-order valence-corrected chi connectivity index (χ1v) is 2.23. The lowest BCUT2D eigenvalue weighted by atomic mass is 10.3. The molecule has 3 heteroatoms. The van der Waals surface area contributed by atoms with Crippen molar-refractivity contribution in [2.45, 2.75) is 12.5 Å². The molecule has 44 valence electrons. The number of nitrogens with two attached hydrogens (primary N) is 1. The molecule has 0 aliphatic carbocycles. The molecule has 0 heterocycles. The summed E-state index contributed by atoms with van der Waals surface area (Å²) in [6, 6.07) is -0.468. The molecule has 0 aromatic heterocycles. The molecule has 0 aliphatic rings. The number of aliphatic hydroxyl groups excluding tert-OH is 1. The van der Waals surface area contributed by atoms with Crippen LogP contribution in [0.25, 0.3) is 0 Å². The number of hydrogen-bond donors (Lipinski definition) is 2. The molecule has 0 aromatic carbocycles. The molecule has 0 rings (SSSR count). The number of hydrogen-bond acceptors (Lipinski definition) is 2. The third-order valence-corrected chi connectivity index (χ3v) is 0.698. The van der Waals surface area contributed by atoms with Crippen LogP contribution in [0.15, 0.2) is 0 Å². The van der Waals surface area contributed by atoms with E-state index in [1.54, 1.807) is 0 Å². The van der Waals surface area contributed by atoms with Crippen LogP contribution in [-0.2, 0) is 0 Å². The number of alkyl halides is 1. The summed E-state index contributed by atoms with van der Waals surface area (Å²) in [5, 5.41) is 8.12. The SMILES string of the molecule is NC(CF)CCO. The summed E-state index contributed by atoms with van der Waals surface area (Å²) in [5.74, 6) is 0. The van der Waals surface area contributed by atoms with Crippen LogP contribution in [0.2, 0.25) is 0 Å². The Morgan fingerprint density at radius 1 is 1.71 bits per heavy atom. The van der Waals surface area contributed by atoms with Gasteiger partial charge in [-0.3, -0.25) is 0 Å². The third-order valence-electron chi connectivity index (χ3n) is 0.698. The number of aliphatic hydroxyl groups is 1. The zero-order chi connectivity index (χ0) is 5.70. The van der Waals surface area contributed by atoms with Crippen LogP contribution in [-0.4, -0.2) is 24.4 Å². The van der Waals surface area contributed by atoms with E-state index in [4.69, 9.17) is 10.8 Å². The van der Waals surface area contributed by atoms with Crippen molar-refractivity contribution in [3.63, 3.8) is 0 Å². The Balaban J connectivity index is 2.83. The second-order valence-electron chi connectivity index (χ2n) is 1.43.